The van der Waals surface area contributed by atoms with Crippen LogP contribution in [0.2, 0.25) is 0 Å². The standard InChI is InChI=1S/C6H12O4S.Na/c1-2-3-4-5-6(7)11(8,9)10;/h2-5H2,1H3,(H,8,9,10);/q;+1/p-1. The quantitative estimate of drug-likeness (QED) is 0.290. The molecular weight excluding hydrogens is 191 g/mol. The van der Waals surface area contributed by atoms with Gasteiger partial charge in [0.05, 0.1) is 0 Å². The summed E-state index contributed by atoms with van der Waals surface area (Å²) >= 11 is 0. The van der Waals surface area contributed by atoms with E-state index in [1.165, 1.54) is 0 Å². The van der Waals surface area contributed by atoms with Crippen molar-refractivity contribution in [2.75, 3.05) is 0 Å². The number of carbonyl (C=O) groups excluding carboxylic acids is 1. The van der Waals surface area contributed by atoms with Gasteiger partial charge in [-0.1, -0.05) is 19.8 Å². The summed E-state index contributed by atoms with van der Waals surface area (Å²) in [6, 6.07) is 0. The molecule has 0 saturated carbocycles. The van der Waals surface area contributed by atoms with Crippen LogP contribution in [0.3, 0.4) is 0 Å². The molecule has 0 spiro atoms. The van der Waals surface area contributed by atoms with Crippen LogP contribution < -0.4 is 29.6 Å². The van der Waals surface area contributed by atoms with Crippen LogP contribution in [0.15, 0.2) is 0 Å². The second-order valence-electron chi connectivity index (χ2n) is 2.28. The molecule has 0 aliphatic carbocycles. The minimum absolute atomic E-state index is 0. The normalized spacial score (nSPS) is 10.5. The molecular formula is C6H11NaO4S. The van der Waals surface area contributed by atoms with Crippen molar-refractivity contribution in [1.29, 1.82) is 0 Å². The summed E-state index contributed by atoms with van der Waals surface area (Å²) in [5.74, 6) is 0. The Hall–Kier alpha value is 0.580. The Balaban J connectivity index is 0. The van der Waals surface area contributed by atoms with Gasteiger partial charge in [0, 0.05) is 6.42 Å². The van der Waals surface area contributed by atoms with Crippen LogP contribution in [0, 0.1) is 0 Å². The Morgan fingerprint density at radius 3 is 2.17 bits per heavy atom. The molecule has 0 heterocycles. The first kappa shape index (κ1) is 15.1. The summed E-state index contributed by atoms with van der Waals surface area (Å²) < 4.78 is 30.1. The van der Waals surface area contributed by atoms with E-state index in [1.807, 2.05) is 6.92 Å². The van der Waals surface area contributed by atoms with Gasteiger partial charge in [-0.2, -0.15) is 0 Å². The minimum Gasteiger partial charge on any atom is -0.742 e. The summed E-state index contributed by atoms with van der Waals surface area (Å²) in [4.78, 5) is 10.4. The number of rotatable bonds is 4. The number of hydrogen-bond donors (Lipinski definition) is 0. The third-order valence-electron chi connectivity index (χ3n) is 1.26. The summed E-state index contributed by atoms with van der Waals surface area (Å²) in [6.07, 6.45) is 2.02. The average Bonchev–Trinajstić information content (AvgIpc) is 1.86. The van der Waals surface area contributed by atoms with Crippen LogP contribution in [0.4, 0.5) is 0 Å². The monoisotopic (exact) mass is 202 g/mol. The minimum atomic E-state index is -4.67. The first-order valence-electron chi connectivity index (χ1n) is 3.47. The van der Waals surface area contributed by atoms with Gasteiger partial charge in [0.1, 0.15) is 0 Å². The summed E-state index contributed by atoms with van der Waals surface area (Å²) in [5.41, 5.74) is 0. The second-order valence-corrected chi connectivity index (χ2v) is 3.65. The van der Waals surface area contributed by atoms with Crippen molar-refractivity contribution in [2.45, 2.75) is 32.6 Å². The van der Waals surface area contributed by atoms with Crippen LogP contribution in [0.25, 0.3) is 0 Å². The van der Waals surface area contributed by atoms with Crippen molar-refractivity contribution in [3.05, 3.63) is 0 Å². The van der Waals surface area contributed by atoms with Crippen molar-refractivity contribution >= 4 is 15.2 Å². The van der Waals surface area contributed by atoms with Crippen molar-refractivity contribution < 1.29 is 47.3 Å². The van der Waals surface area contributed by atoms with Crippen molar-refractivity contribution in [3.8, 4) is 0 Å². The van der Waals surface area contributed by atoms with E-state index in [0.29, 0.717) is 6.42 Å². The summed E-state index contributed by atoms with van der Waals surface area (Å²) in [5, 5.41) is -1.19. The number of carbonyl (C=O) groups is 1. The Bertz CT molecular complexity index is 222. The van der Waals surface area contributed by atoms with Crippen LogP contribution in [0.5, 0.6) is 0 Å². The van der Waals surface area contributed by atoms with Gasteiger partial charge in [-0.25, -0.2) is 8.42 Å². The topological polar surface area (TPSA) is 74.3 Å². The van der Waals surface area contributed by atoms with Gasteiger partial charge in [-0.05, 0) is 6.42 Å². The van der Waals surface area contributed by atoms with E-state index in [-0.39, 0.29) is 36.0 Å². The molecule has 0 aromatic heterocycles. The molecule has 0 fully saturated rings. The van der Waals surface area contributed by atoms with E-state index in [9.17, 15) is 17.8 Å². The van der Waals surface area contributed by atoms with Crippen molar-refractivity contribution in [1.82, 2.24) is 0 Å². The molecule has 0 amide bonds. The SMILES string of the molecule is CCCCCC(=O)S(=O)(=O)[O-].[Na+]. The summed E-state index contributed by atoms with van der Waals surface area (Å²) in [7, 11) is -4.67. The number of hydrogen-bond acceptors (Lipinski definition) is 4. The van der Waals surface area contributed by atoms with Gasteiger partial charge >= 0.3 is 29.6 Å². The Morgan fingerprint density at radius 1 is 1.33 bits per heavy atom. The second kappa shape index (κ2) is 7.03. The Kier molecular flexibility index (Phi) is 8.83. The van der Waals surface area contributed by atoms with Crippen molar-refractivity contribution in [3.63, 3.8) is 0 Å². The predicted molar refractivity (Wildman–Crippen MR) is 38.8 cm³/mol. The van der Waals surface area contributed by atoms with Crippen LogP contribution in [-0.4, -0.2) is 18.1 Å². The molecule has 0 aliphatic heterocycles. The van der Waals surface area contributed by atoms with Crippen molar-refractivity contribution in [2.24, 2.45) is 0 Å². The molecule has 0 aromatic rings. The van der Waals surface area contributed by atoms with Gasteiger partial charge in [-0.15, -0.1) is 0 Å². The van der Waals surface area contributed by atoms with Gasteiger partial charge in [-0.3, -0.25) is 4.79 Å². The third-order valence-corrected chi connectivity index (χ3v) is 2.03. The molecule has 0 radical (unpaired) electrons. The van der Waals surface area contributed by atoms with E-state index < -0.39 is 15.2 Å². The Labute approximate surface area is 94.8 Å². The zero-order valence-electron chi connectivity index (χ0n) is 7.37. The van der Waals surface area contributed by atoms with E-state index >= 15 is 0 Å². The molecule has 12 heavy (non-hydrogen) atoms. The fourth-order valence-corrected chi connectivity index (χ4v) is 1.04. The molecule has 4 nitrogen and oxygen atoms in total. The molecule has 66 valence electrons. The maximum atomic E-state index is 10.4. The zero-order valence-corrected chi connectivity index (χ0v) is 10.2. The molecule has 6 heteroatoms. The summed E-state index contributed by atoms with van der Waals surface area (Å²) in [6.45, 7) is 1.93. The van der Waals surface area contributed by atoms with Gasteiger partial charge in [0.15, 0.2) is 10.1 Å². The Morgan fingerprint density at radius 2 is 1.83 bits per heavy atom. The molecule has 0 atom stereocenters. The molecule has 0 aromatic carbocycles. The zero-order chi connectivity index (χ0) is 8.91. The van der Waals surface area contributed by atoms with Gasteiger partial charge in [0.2, 0.25) is 5.12 Å². The molecule has 0 N–H and O–H groups in total. The largest absolute Gasteiger partial charge is 1.00 e. The van der Waals surface area contributed by atoms with E-state index in [0.717, 1.165) is 12.8 Å². The van der Waals surface area contributed by atoms with Crippen LogP contribution in [-0.2, 0) is 14.9 Å². The first-order chi connectivity index (χ1) is 4.98. The fraction of sp³-hybridized carbons (Fsp3) is 0.833. The average molecular weight is 202 g/mol. The number of unbranched alkanes of at least 4 members (excludes halogenated alkanes) is 2. The molecule has 0 saturated heterocycles. The van der Waals surface area contributed by atoms with E-state index in [2.05, 4.69) is 0 Å². The van der Waals surface area contributed by atoms with Gasteiger partial charge < -0.3 is 4.55 Å². The van der Waals surface area contributed by atoms with Crippen LogP contribution in [0.1, 0.15) is 32.6 Å². The van der Waals surface area contributed by atoms with E-state index in [4.69, 9.17) is 0 Å². The smallest absolute Gasteiger partial charge is 0.742 e. The molecule has 0 unspecified atom stereocenters. The predicted octanol–water partition coefficient (Wildman–Crippen LogP) is -2.36. The van der Waals surface area contributed by atoms with E-state index in [1.54, 1.807) is 0 Å². The fourth-order valence-electron chi connectivity index (χ4n) is 0.644. The van der Waals surface area contributed by atoms with Crippen LogP contribution >= 0.6 is 0 Å². The third kappa shape index (κ3) is 7.24. The molecule has 0 bridgehead atoms. The maximum absolute atomic E-state index is 10.4. The maximum Gasteiger partial charge on any atom is 1.00 e. The van der Waals surface area contributed by atoms with Gasteiger partial charge in [0.25, 0.3) is 0 Å². The molecule has 0 rings (SSSR count). The molecule has 0 aliphatic rings. The first-order valence-corrected chi connectivity index (χ1v) is 4.88.